The summed E-state index contributed by atoms with van der Waals surface area (Å²) < 4.78 is 5.15. The molecule has 0 saturated carbocycles. The average molecular weight is 433 g/mol. The van der Waals surface area contributed by atoms with Crippen molar-refractivity contribution in [2.24, 2.45) is 0 Å². The van der Waals surface area contributed by atoms with Gasteiger partial charge in [0.15, 0.2) is 5.03 Å². The molecule has 154 valence electrons. The minimum Gasteiger partial charge on any atom is -0.497 e. The van der Waals surface area contributed by atoms with Gasteiger partial charge in [0.2, 0.25) is 5.95 Å². The van der Waals surface area contributed by atoms with Gasteiger partial charge in [-0.25, -0.2) is 4.98 Å². The molecule has 3 rings (SSSR count). The molecule has 0 fully saturated rings. The minimum absolute atomic E-state index is 0.0611. The number of hydrogen-bond acceptors (Lipinski definition) is 10. The maximum Gasteiger partial charge on any atom is 0.320 e. The third-order valence-electron chi connectivity index (χ3n) is 4.11. The molecule has 0 aliphatic heterocycles. The molecule has 0 bridgehead atoms. The zero-order chi connectivity index (χ0) is 22.2. The summed E-state index contributed by atoms with van der Waals surface area (Å²) in [7, 11) is 1.60. The molecule has 0 aliphatic rings. The molecule has 31 heavy (non-hydrogen) atoms. The predicted octanol–water partition coefficient (Wildman–Crippen LogP) is 4.19. The van der Waals surface area contributed by atoms with Crippen LogP contribution in [0.3, 0.4) is 0 Å². The van der Waals surface area contributed by atoms with Gasteiger partial charge >= 0.3 is 5.69 Å². The Morgan fingerprint density at radius 2 is 1.97 bits per heavy atom. The highest BCUT2D eigenvalue weighted by Gasteiger charge is 2.18. The number of methoxy groups -OCH3 is 1. The summed E-state index contributed by atoms with van der Waals surface area (Å²) in [6.07, 6.45) is 1.04. The summed E-state index contributed by atoms with van der Waals surface area (Å²) in [5, 5.41) is 37.2. The van der Waals surface area contributed by atoms with Gasteiger partial charge in [-0.15, -0.1) is 0 Å². The normalized spacial score (nSPS) is 9.90. The van der Waals surface area contributed by atoms with Gasteiger partial charge in [0.25, 0.3) is 0 Å². The fourth-order valence-electron chi connectivity index (χ4n) is 2.60. The van der Waals surface area contributed by atoms with Crippen LogP contribution in [0.4, 0.5) is 23.0 Å². The molecule has 0 spiro atoms. The molecule has 11 heteroatoms. The molecule has 2 aromatic carbocycles. The van der Waals surface area contributed by atoms with E-state index in [2.05, 4.69) is 26.7 Å². The molecule has 1 heterocycles. The van der Waals surface area contributed by atoms with Gasteiger partial charge in [0.05, 0.1) is 35.0 Å². The number of nitrogens with zero attached hydrogens (tertiary/aromatic N) is 5. The van der Waals surface area contributed by atoms with E-state index in [-0.39, 0.29) is 16.7 Å². The fraction of sp³-hybridized carbons (Fsp3) is 0.100. The van der Waals surface area contributed by atoms with E-state index in [4.69, 9.17) is 10.00 Å². The first-order valence-corrected chi connectivity index (χ1v) is 9.61. The molecule has 0 radical (unpaired) electrons. The monoisotopic (exact) mass is 433 g/mol. The second-order valence-corrected chi connectivity index (χ2v) is 6.81. The van der Waals surface area contributed by atoms with Crippen molar-refractivity contribution >= 4 is 34.8 Å². The van der Waals surface area contributed by atoms with Gasteiger partial charge in [0, 0.05) is 18.3 Å². The topological polar surface area (TPSA) is 150 Å². The molecule has 0 saturated heterocycles. The fourth-order valence-corrected chi connectivity index (χ4v) is 3.05. The largest absolute Gasteiger partial charge is 0.497 e. The van der Waals surface area contributed by atoms with E-state index in [9.17, 15) is 15.4 Å². The highest BCUT2D eigenvalue weighted by molar-refractivity contribution is 8.03. The van der Waals surface area contributed by atoms with Gasteiger partial charge in [-0.05, 0) is 35.9 Å². The Bertz CT molecular complexity index is 1190. The quantitative estimate of drug-likeness (QED) is 0.174. The maximum absolute atomic E-state index is 11.1. The zero-order valence-corrected chi connectivity index (χ0v) is 17.0. The van der Waals surface area contributed by atoms with Gasteiger partial charge in [-0.3, -0.25) is 10.1 Å². The SMILES string of the molecule is COc1ccc(CNc2ccc(C#N)cc2Nc2ncc([N+](=O)[O-])c(SC#N)n2)cc1. The Kier molecular flexibility index (Phi) is 6.83. The summed E-state index contributed by atoms with van der Waals surface area (Å²) in [6, 6.07) is 14.6. The lowest BCUT2D eigenvalue weighted by Crippen LogP contribution is -2.05. The predicted molar refractivity (Wildman–Crippen MR) is 115 cm³/mol. The van der Waals surface area contributed by atoms with E-state index in [0.29, 0.717) is 35.2 Å². The highest BCUT2D eigenvalue weighted by atomic mass is 32.2. The Hall–Kier alpha value is -4.35. The van der Waals surface area contributed by atoms with Crippen LogP contribution in [0.1, 0.15) is 11.1 Å². The van der Waals surface area contributed by atoms with Gasteiger partial charge in [0.1, 0.15) is 17.3 Å². The van der Waals surface area contributed by atoms with Crippen molar-refractivity contribution in [2.45, 2.75) is 11.6 Å². The Labute approximate surface area is 181 Å². The van der Waals surface area contributed by atoms with Crippen LogP contribution in [-0.2, 0) is 6.54 Å². The van der Waals surface area contributed by atoms with Crippen molar-refractivity contribution < 1.29 is 9.66 Å². The van der Waals surface area contributed by atoms with Crippen LogP contribution >= 0.6 is 11.8 Å². The van der Waals surface area contributed by atoms with E-state index >= 15 is 0 Å². The number of nitriles is 2. The first kappa shape index (κ1) is 21.4. The van der Waals surface area contributed by atoms with Crippen molar-refractivity contribution in [3.05, 3.63) is 69.9 Å². The molecule has 0 amide bonds. The van der Waals surface area contributed by atoms with Crippen molar-refractivity contribution in [3.63, 3.8) is 0 Å². The second kappa shape index (κ2) is 9.91. The molecule has 0 unspecified atom stereocenters. The third-order valence-corrected chi connectivity index (χ3v) is 4.70. The van der Waals surface area contributed by atoms with E-state index in [1.807, 2.05) is 24.3 Å². The van der Waals surface area contributed by atoms with Crippen LogP contribution in [0.2, 0.25) is 0 Å². The standard InChI is InChI=1S/C20H15N7O3S/c1-30-15-5-2-13(3-6-15)10-23-16-7-4-14(9-21)8-17(16)25-20-24-11-18(27(28)29)19(26-20)31-12-22/h2-8,11,23H,10H2,1H3,(H,24,25,26). The lowest BCUT2D eigenvalue weighted by Gasteiger charge is -2.14. The molecule has 0 atom stereocenters. The second-order valence-electron chi connectivity index (χ2n) is 6.03. The first-order chi connectivity index (χ1) is 15.0. The lowest BCUT2D eigenvalue weighted by molar-refractivity contribution is -0.388. The molecule has 10 nitrogen and oxygen atoms in total. The average Bonchev–Trinajstić information content (AvgIpc) is 2.78. The zero-order valence-electron chi connectivity index (χ0n) is 16.2. The van der Waals surface area contributed by atoms with Crippen LogP contribution in [0.25, 0.3) is 0 Å². The third kappa shape index (κ3) is 5.38. The number of ether oxygens (including phenoxy) is 1. The van der Waals surface area contributed by atoms with Crippen LogP contribution in [0, 0.1) is 32.1 Å². The number of nitro groups is 1. The number of nitrogens with one attached hydrogen (secondary N) is 2. The van der Waals surface area contributed by atoms with Crippen LogP contribution in [0.5, 0.6) is 5.75 Å². The number of thioether (sulfide) groups is 1. The number of benzene rings is 2. The van der Waals surface area contributed by atoms with Crippen molar-refractivity contribution in [1.29, 1.82) is 10.5 Å². The summed E-state index contributed by atoms with van der Waals surface area (Å²) in [5.41, 5.74) is 2.24. The van der Waals surface area contributed by atoms with Gasteiger partial charge in [-0.1, -0.05) is 12.1 Å². The van der Waals surface area contributed by atoms with Crippen molar-refractivity contribution in [3.8, 4) is 17.2 Å². The van der Waals surface area contributed by atoms with E-state index < -0.39 is 4.92 Å². The molecule has 0 aliphatic carbocycles. The Morgan fingerprint density at radius 3 is 2.61 bits per heavy atom. The van der Waals surface area contributed by atoms with E-state index in [0.717, 1.165) is 17.5 Å². The Morgan fingerprint density at radius 1 is 1.19 bits per heavy atom. The molecule has 3 aromatic rings. The highest BCUT2D eigenvalue weighted by Crippen LogP contribution is 2.30. The van der Waals surface area contributed by atoms with Gasteiger partial charge < -0.3 is 15.4 Å². The summed E-state index contributed by atoms with van der Waals surface area (Å²) in [5.74, 6) is 0.816. The summed E-state index contributed by atoms with van der Waals surface area (Å²) in [4.78, 5) is 18.5. The Balaban J connectivity index is 1.86. The lowest BCUT2D eigenvalue weighted by atomic mass is 10.1. The summed E-state index contributed by atoms with van der Waals surface area (Å²) >= 11 is 0.572. The molecule has 1 aromatic heterocycles. The number of hydrogen-bond donors (Lipinski definition) is 2. The number of anilines is 3. The van der Waals surface area contributed by atoms with Crippen molar-refractivity contribution in [2.75, 3.05) is 17.7 Å². The first-order valence-electron chi connectivity index (χ1n) is 8.79. The van der Waals surface area contributed by atoms with Gasteiger partial charge in [-0.2, -0.15) is 15.5 Å². The van der Waals surface area contributed by atoms with Crippen LogP contribution in [0.15, 0.2) is 53.7 Å². The molecular weight excluding hydrogens is 418 g/mol. The van der Waals surface area contributed by atoms with Crippen LogP contribution in [-0.4, -0.2) is 22.0 Å². The van der Waals surface area contributed by atoms with E-state index in [1.165, 1.54) is 0 Å². The maximum atomic E-state index is 11.1. The number of aromatic nitrogens is 2. The van der Waals surface area contributed by atoms with E-state index in [1.54, 1.807) is 30.7 Å². The molecular formula is C20H15N7O3S. The number of rotatable bonds is 8. The summed E-state index contributed by atoms with van der Waals surface area (Å²) in [6.45, 7) is 0.501. The molecule has 2 N–H and O–H groups in total. The number of thiocyanates is 1. The van der Waals surface area contributed by atoms with Crippen LogP contribution < -0.4 is 15.4 Å². The minimum atomic E-state index is -0.651. The van der Waals surface area contributed by atoms with Crippen molar-refractivity contribution in [1.82, 2.24) is 9.97 Å². The smallest absolute Gasteiger partial charge is 0.320 e.